The topological polar surface area (TPSA) is 99.2 Å². The summed E-state index contributed by atoms with van der Waals surface area (Å²) >= 11 is 1.09. The molecule has 0 unspecified atom stereocenters. The van der Waals surface area contributed by atoms with Gasteiger partial charge in [0.15, 0.2) is 9.84 Å². The standard InChI is InChI=1S/C13H22N4O2S2/c1-4-7-17(5-2)8-6-16-13-12(21(3,18)19)11(15)10(9-14)20-13/h16H,4-8,15H2,1-3H3. The normalized spacial score (nSPS) is 11.6. The number of anilines is 2. The van der Waals surface area contributed by atoms with Crippen LogP contribution in [0, 0.1) is 11.3 Å². The molecule has 1 aromatic heterocycles. The van der Waals surface area contributed by atoms with Crippen LogP contribution in [0.3, 0.4) is 0 Å². The molecule has 0 saturated heterocycles. The summed E-state index contributed by atoms with van der Waals surface area (Å²) in [6.45, 7) is 7.59. The number of nitrogens with one attached hydrogen (secondary N) is 1. The molecule has 0 fully saturated rings. The summed E-state index contributed by atoms with van der Waals surface area (Å²) in [5, 5.41) is 12.6. The van der Waals surface area contributed by atoms with E-state index in [1.807, 2.05) is 6.07 Å². The zero-order chi connectivity index (χ0) is 16.0. The Labute approximate surface area is 130 Å². The summed E-state index contributed by atoms with van der Waals surface area (Å²) in [4.78, 5) is 2.55. The molecule has 1 heterocycles. The Hall–Kier alpha value is -1.30. The van der Waals surface area contributed by atoms with E-state index in [-0.39, 0.29) is 15.5 Å². The summed E-state index contributed by atoms with van der Waals surface area (Å²) < 4.78 is 23.7. The van der Waals surface area contributed by atoms with Crippen molar-refractivity contribution in [1.82, 2.24) is 4.90 Å². The van der Waals surface area contributed by atoms with Crippen molar-refractivity contribution in [1.29, 1.82) is 5.26 Å². The highest BCUT2D eigenvalue weighted by molar-refractivity contribution is 7.91. The number of sulfone groups is 1. The smallest absolute Gasteiger partial charge is 0.180 e. The summed E-state index contributed by atoms with van der Waals surface area (Å²) in [5.41, 5.74) is 5.81. The average molecular weight is 330 g/mol. The third kappa shape index (κ3) is 4.59. The van der Waals surface area contributed by atoms with Gasteiger partial charge < -0.3 is 16.0 Å². The van der Waals surface area contributed by atoms with Crippen molar-refractivity contribution in [2.45, 2.75) is 25.2 Å². The van der Waals surface area contributed by atoms with Crippen LogP contribution < -0.4 is 11.1 Å². The molecule has 8 heteroatoms. The molecule has 1 aromatic rings. The van der Waals surface area contributed by atoms with Gasteiger partial charge in [-0.05, 0) is 19.5 Å². The van der Waals surface area contributed by atoms with E-state index in [1.54, 1.807) is 0 Å². The number of nitrogens with zero attached hydrogens (tertiary/aromatic N) is 2. The number of hydrogen-bond donors (Lipinski definition) is 2. The van der Waals surface area contributed by atoms with Gasteiger partial charge in [-0.25, -0.2) is 8.42 Å². The number of likely N-dealkylation sites (N-methyl/N-ethyl adjacent to an activating group) is 1. The van der Waals surface area contributed by atoms with Crippen LogP contribution in [0.1, 0.15) is 25.1 Å². The predicted octanol–water partition coefficient (Wildman–Crippen LogP) is 1.75. The molecule has 3 N–H and O–H groups in total. The van der Waals surface area contributed by atoms with Gasteiger partial charge in [-0.15, -0.1) is 11.3 Å². The van der Waals surface area contributed by atoms with Gasteiger partial charge >= 0.3 is 0 Å². The minimum atomic E-state index is -3.46. The molecular weight excluding hydrogens is 308 g/mol. The number of nitrogen functional groups attached to an aromatic ring is 1. The Bertz CT molecular complexity index is 617. The molecule has 1 rings (SSSR count). The third-order valence-corrected chi connectivity index (χ3v) is 5.44. The van der Waals surface area contributed by atoms with Crippen LogP contribution in [0.5, 0.6) is 0 Å². The molecule has 0 bridgehead atoms. The summed E-state index contributed by atoms with van der Waals surface area (Å²) in [6, 6.07) is 1.94. The largest absolute Gasteiger partial charge is 0.396 e. The van der Waals surface area contributed by atoms with Crippen molar-refractivity contribution >= 4 is 31.9 Å². The maximum absolute atomic E-state index is 11.8. The molecule has 21 heavy (non-hydrogen) atoms. The third-order valence-electron chi connectivity index (χ3n) is 3.07. The highest BCUT2D eigenvalue weighted by Gasteiger charge is 2.23. The number of hydrogen-bond acceptors (Lipinski definition) is 7. The van der Waals surface area contributed by atoms with Gasteiger partial charge in [-0.1, -0.05) is 13.8 Å². The minimum Gasteiger partial charge on any atom is -0.396 e. The second-order valence-corrected chi connectivity index (χ2v) is 7.72. The van der Waals surface area contributed by atoms with E-state index in [1.165, 1.54) is 0 Å². The molecule has 0 saturated carbocycles. The van der Waals surface area contributed by atoms with Gasteiger partial charge in [0.05, 0.1) is 5.69 Å². The lowest BCUT2D eigenvalue weighted by Gasteiger charge is -2.19. The lowest BCUT2D eigenvalue weighted by atomic mass is 10.4. The summed E-state index contributed by atoms with van der Waals surface area (Å²) in [6.07, 6.45) is 2.18. The fraction of sp³-hybridized carbons (Fsp3) is 0.615. The highest BCUT2D eigenvalue weighted by Crippen LogP contribution is 2.38. The zero-order valence-corrected chi connectivity index (χ0v) is 14.3. The fourth-order valence-corrected chi connectivity index (χ4v) is 4.46. The van der Waals surface area contributed by atoms with E-state index in [9.17, 15) is 8.42 Å². The molecule has 0 spiro atoms. The monoisotopic (exact) mass is 330 g/mol. The number of rotatable bonds is 8. The SMILES string of the molecule is CCCN(CC)CCNc1sc(C#N)c(N)c1S(C)(=O)=O. The van der Waals surface area contributed by atoms with Crippen LogP contribution in [-0.4, -0.2) is 45.8 Å². The van der Waals surface area contributed by atoms with E-state index in [2.05, 4.69) is 24.1 Å². The van der Waals surface area contributed by atoms with Crippen molar-refractivity contribution < 1.29 is 8.42 Å². The van der Waals surface area contributed by atoms with Crippen molar-refractivity contribution in [2.75, 3.05) is 43.5 Å². The van der Waals surface area contributed by atoms with E-state index < -0.39 is 9.84 Å². The zero-order valence-electron chi connectivity index (χ0n) is 12.6. The fourth-order valence-electron chi connectivity index (χ4n) is 2.07. The maximum Gasteiger partial charge on any atom is 0.180 e. The second kappa shape index (κ2) is 7.64. The van der Waals surface area contributed by atoms with E-state index >= 15 is 0 Å². The lowest BCUT2D eigenvalue weighted by molar-refractivity contribution is 0.300. The number of nitrogens with two attached hydrogens (primary N) is 1. The molecule has 0 aliphatic rings. The Morgan fingerprint density at radius 3 is 2.52 bits per heavy atom. The molecule has 6 nitrogen and oxygen atoms in total. The van der Waals surface area contributed by atoms with Gasteiger partial charge in [0.1, 0.15) is 20.8 Å². The molecule has 0 radical (unpaired) electrons. The van der Waals surface area contributed by atoms with Crippen molar-refractivity contribution in [3.05, 3.63) is 4.88 Å². The molecule has 0 amide bonds. The van der Waals surface area contributed by atoms with Crippen molar-refractivity contribution in [3.63, 3.8) is 0 Å². The minimum absolute atomic E-state index is 0.0441. The summed E-state index contributed by atoms with van der Waals surface area (Å²) in [5.74, 6) is 0. The first-order chi connectivity index (χ1) is 9.85. The van der Waals surface area contributed by atoms with Gasteiger partial charge in [0.2, 0.25) is 0 Å². The van der Waals surface area contributed by atoms with E-state index in [4.69, 9.17) is 11.0 Å². The average Bonchev–Trinajstić information content (AvgIpc) is 2.73. The van der Waals surface area contributed by atoms with Crippen LogP contribution in [0.2, 0.25) is 0 Å². The van der Waals surface area contributed by atoms with Gasteiger partial charge in [-0.2, -0.15) is 5.26 Å². The van der Waals surface area contributed by atoms with Crippen molar-refractivity contribution in [2.24, 2.45) is 0 Å². The second-order valence-electron chi connectivity index (χ2n) is 4.75. The first-order valence-corrected chi connectivity index (χ1v) is 9.54. The van der Waals surface area contributed by atoms with E-state index in [0.29, 0.717) is 11.5 Å². The van der Waals surface area contributed by atoms with Crippen LogP contribution >= 0.6 is 11.3 Å². The number of thiophene rings is 1. The number of nitriles is 1. The molecule has 0 aliphatic heterocycles. The Morgan fingerprint density at radius 2 is 2.05 bits per heavy atom. The van der Waals surface area contributed by atoms with Crippen LogP contribution in [-0.2, 0) is 9.84 Å². The maximum atomic E-state index is 11.8. The molecule has 0 aliphatic carbocycles. The van der Waals surface area contributed by atoms with Gasteiger partial charge in [-0.3, -0.25) is 0 Å². The Balaban J connectivity index is 2.87. The summed E-state index contributed by atoms with van der Waals surface area (Å²) in [7, 11) is -3.46. The van der Waals surface area contributed by atoms with Crippen LogP contribution in [0.25, 0.3) is 0 Å². The molecule has 0 atom stereocenters. The van der Waals surface area contributed by atoms with Gasteiger partial charge in [0.25, 0.3) is 0 Å². The Morgan fingerprint density at radius 1 is 1.38 bits per heavy atom. The van der Waals surface area contributed by atoms with Crippen molar-refractivity contribution in [3.8, 4) is 6.07 Å². The Kier molecular flexibility index (Phi) is 6.45. The highest BCUT2D eigenvalue weighted by atomic mass is 32.2. The lowest BCUT2D eigenvalue weighted by Crippen LogP contribution is -2.29. The van der Waals surface area contributed by atoms with Crippen LogP contribution in [0.4, 0.5) is 10.7 Å². The predicted molar refractivity (Wildman–Crippen MR) is 87.5 cm³/mol. The van der Waals surface area contributed by atoms with Gasteiger partial charge in [0, 0.05) is 19.3 Å². The molecular formula is C13H22N4O2S2. The molecule has 0 aromatic carbocycles. The van der Waals surface area contributed by atoms with Crippen LogP contribution in [0.15, 0.2) is 4.90 Å². The van der Waals surface area contributed by atoms with E-state index in [0.717, 1.165) is 43.6 Å². The quantitative estimate of drug-likeness (QED) is 0.753. The molecule has 118 valence electrons. The first-order valence-electron chi connectivity index (χ1n) is 6.83. The first kappa shape index (κ1) is 17.8.